The van der Waals surface area contributed by atoms with Crippen LogP contribution in [0.1, 0.15) is 33.1 Å². The van der Waals surface area contributed by atoms with Gasteiger partial charge in [-0.15, -0.1) is 6.58 Å². The SMILES string of the molecule is C=CCn1c(Cc2ccccc2)nc(C(=O)O)c1Cc1ccccc1. The zero-order valence-corrected chi connectivity index (χ0v) is 13.9. The standard InChI is InChI=1S/C21H20N2O2/c1-2-13-23-18(14-16-9-5-3-6-10-16)20(21(24)25)22-19(23)15-17-11-7-4-8-12-17/h2-12H,1,13-15H2,(H,24,25). The molecule has 1 aromatic heterocycles. The molecule has 0 aliphatic carbocycles. The number of carboxylic acid groups (broad SMARTS) is 1. The fourth-order valence-corrected chi connectivity index (χ4v) is 2.94. The summed E-state index contributed by atoms with van der Waals surface area (Å²) in [7, 11) is 0. The van der Waals surface area contributed by atoms with E-state index in [2.05, 4.69) is 11.6 Å². The molecule has 0 spiro atoms. The second-order valence-corrected chi connectivity index (χ2v) is 5.85. The first kappa shape index (κ1) is 16.7. The molecule has 0 atom stereocenters. The predicted octanol–water partition coefficient (Wildman–Crippen LogP) is 3.95. The average molecular weight is 332 g/mol. The van der Waals surface area contributed by atoms with E-state index in [1.807, 2.05) is 65.2 Å². The number of allylic oxidation sites excluding steroid dienone is 1. The molecule has 126 valence electrons. The lowest BCUT2D eigenvalue weighted by Gasteiger charge is -2.10. The van der Waals surface area contributed by atoms with Crippen molar-refractivity contribution in [3.63, 3.8) is 0 Å². The summed E-state index contributed by atoms with van der Waals surface area (Å²) in [6.45, 7) is 4.34. The van der Waals surface area contributed by atoms with Crippen molar-refractivity contribution >= 4 is 5.97 Å². The lowest BCUT2D eigenvalue weighted by Crippen LogP contribution is -2.09. The van der Waals surface area contributed by atoms with E-state index < -0.39 is 5.97 Å². The second-order valence-electron chi connectivity index (χ2n) is 5.85. The minimum Gasteiger partial charge on any atom is -0.476 e. The van der Waals surface area contributed by atoms with Crippen molar-refractivity contribution in [1.82, 2.24) is 9.55 Å². The van der Waals surface area contributed by atoms with Gasteiger partial charge in [0.1, 0.15) is 5.82 Å². The average Bonchev–Trinajstić information content (AvgIpc) is 2.95. The first-order valence-electron chi connectivity index (χ1n) is 8.19. The summed E-state index contributed by atoms with van der Waals surface area (Å²) in [4.78, 5) is 16.2. The van der Waals surface area contributed by atoms with Gasteiger partial charge in [0.25, 0.3) is 0 Å². The Morgan fingerprint density at radius 2 is 1.56 bits per heavy atom. The molecule has 0 aliphatic heterocycles. The van der Waals surface area contributed by atoms with Gasteiger partial charge in [-0.3, -0.25) is 0 Å². The number of nitrogens with zero attached hydrogens (tertiary/aromatic N) is 2. The van der Waals surface area contributed by atoms with E-state index in [1.54, 1.807) is 6.08 Å². The van der Waals surface area contributed by atoms with Crippen LogP contribution in [0.4, 0.5) is 0 Å². The summed E-state index contributed by atoms with van der Waals surface area (Å²) in [5, 5.41) is 9.61. The Kier molecular flexibility index (Phi) is 5.09. The van der Waals surface area contributed by atoms with Crippen LogP contribution in [0.15, 0.2) is 73.3 Å². The monoisotopic (exact) mass is 332 g/mol. The third kappa shape index (κ3) is 3.86. The van der Waals surface area contributed by atoms with Gasteiger partial charge in [-0.05, 0) is 11.1 Å². The van der Waals surface area contributed by atoms with E-state index >= 15 is 0 Å². The van der Waals surface area contributed by atoms with Gasteiger partial charge >= 0.3 is 5.97 Å². The molecule has 2 aromatic carbocycles. The van der Waals surface area contributed by atoms with Crippen molar-refractivity contribution in [3.8, 4) is 0 Å². The molecule has 3 rings (SSSR count). The highest BCUT2D eigenvalue weighted by atomic mass is 16.4. The van der Waals surface area contributed by atoms with Gasteiger partial charge in [-0.25, -0.2) is 9.78 Å². The molecule has 0 unspecified atom stereocenters. The largest absolute Gasteiger partial charge is 0.476 e. The fourth-order valence-electron chi connectivity index (χ4n) is 2.94. The lowest BCUT2D eigenvalue weighted by molar-refractivity contribution is 0.0689. The van der Waals surface area contributed by atoms with Crippen molar-refractivity contribution in [3.05, 3.63) is 102 Å². The summed E-state index contributed by atoms with van der Waals surface area (Å²) >= 11 is 0. The summed E-state index contributed by atoms with van der Waals surface area (Å²) in [6, 6.07) is 19.8. The van der Waals surface area contributed by atoms with Crippen molar-refractivity contribution < 1.29 is 9.90 Å². The Balaban J connectivity index is 2.04. The van der Waals surface area contributed by atoms with E-state index in [4.69, 9.17) is 0 Å². The molecule has 0 aliphatic rings. The van der Waals surface area contributed by atoms with Crippen molar-refractivity contribution in [1.29, 1.82) is 0 Å². The zero-order valence-electron chi connectivity index (χ0n) is 13.9. The van der Waals surface area contributed by atoms with Crippen LogP contribution in [-0.4, -0.2) is 20.6 Å². The number of carbonyl (C=O) groups is 1. The molecule has 0 bridgehead atoms. The van der Waals surface area contributed by atoms with Crippen LogP contribution in [0.25, 0.3) is 0 Å². The number of hydrogen-bond donors (Lipinski definition) is 1. The Bertz CT molecular complexity index is 868. The molecule has 0 saturated carbocycles. The maximum atomic E-state index is 11.7. The van der Waals surface area contributed by atoms with Crippen molar-refractivity contribution in [2.45, 2.75) is 19.4 Å². The molecule has 0 saturated heterocycles. The maximum Gasteiger partial charge on any atom is 0.356 e. The molecular weight excluding hydrogens is 312 g/mol. The van der Waals surface area contributed by atoms with Crippen LogP contribution in [0.3, 0.4) is 0 Å². The Morgan fingerprint density at radius 1 is 1.00 bits per heavy atom. The molecule has 0 amide bonds. The third-order valence-electron chi connectivity index (χ3n) is 4.09. The van der Waals surface area contributed by atoms with E-state index in [0.29, 0.717) is 25.1 Å². The summed E-state index contributed by atoms with van der Waals surface area (Å²) < 4.78 is 1.97. The molecule has 1 N–H and O–H groups in total. The van der Waals surface area contributed by atoms with Crippen LogP contribution >= 0.6 is 0 Å². The Hall–Kier alpha value is -3.14. The molecule has 1 heterocycles. The number of aromatic carboxylic acids is 1. The Labute approximate surface area is 147 Å². The van der Waals surface area contributed by atoms with E-state index in [0.717, 1.165) is 17.0 Å². The number of benzene rings is 2. The van der Waals surface area contributed by atoms with Crippen molar-refractivity contribution in [2.24, 2.45) is 0 Å². The van der Waals surface area contributed by atoms with Crippen LogP contribution in [0.2, 0.25) is 0 Å². The number of imidazole rings is 1. The van der Waals surface area contributed by atoms with Gasteiger partial charge in [0.15, 0.2) is 5.69 Å². The molecule has 3 aromatic rings. The van der Waals surface area contributed by atoms with Crippen LogP contribution in [0, 0.1) is 0 Å². The molecule has 25 heavy (non-hydrogen) atoms. The first-order chi connectivity index (χ1) is 12.2. The van der Waals surface area contributed by atoms with Gasteiger partial charge in [0.2, 0.25) is 0 Å². The van der Waals surface area contributed by atoms with E-state index in [9.17, 15) is 9.90 Å². The fraction of sp³-hybridized carbons (Fsp3) is 0.143. The van der Waals surface area contributed by atoms with Gasteiger partial charge in [0, 0.05) is 19.4 Å². The quantitative estimate of drug-likeness (QED) is 0.667. The molecule has 0 radical (unpaired) electrons. The van der Waals surface area contributed by atoms with Crippen molar-refractivity contribution in [2.75, 3.05) is 0 Å². The number of carboxylic acids is 1. The smallest absolute Gasteiger partial charge is 0.356 e. The number of hydrogen-bond acceptors (Lipinski definition) is 2. The first-order valence-corrected chi connectivity index (χ1v) is 8.19. The maximum absolute atomic E-state index is 11.7. The highest BCUT2D eigenvalue weighted by molar-refractivity contribution is 5.87. The second kappa shape index (κ2) is 7.62. The van der Waals surface area contributed by atoms with Gasteiger partial charge < -0.3 is 9.67 Å². The van der Waals surface area contributed by atoms with Crippen LogP contribution < -0.4 is 0 Å². The minimum absolute atomic E-state index is 0.122. The Morgan fingerprint density at radius 3 is 2.08 bits per heavy atom. The summed E-state index contributed by atoms with van der Waals surface area (Å²) in [5.74, 6) is -0.252. The highest BCUT2D eigenvalue weighted by Gasteiger charge is 2.21. The molecular formula is C21H20N2O2. The van der Waals surface area contributed by atoms with E-state index in [-0.39, 0.29) is 5.69 Å². The molecule has 4 heteroatoms. The third-order valence-corrected chi connectivity index (χ3v) is 4.09. The number of rotatable bonds is 7. The predicted molar refractivity (Wildman–Crippen MR) is 97.9 cm³/mol. The zero-order chi connectivity index (χ0) is 17.6. The highest BCUT2D eigenvalue weighted by Crippen LogP contribution is 2.20. The minimum atomic E-state index is -0.997. The topological polar surface area (TPSA) is 55.1 Å². The molecule has 0 fully saturated rings. The van der Waals surface area contributed by atoms with Gasteiger partial charge in [-0.2, -0.15) is 0 Å². The summed E-state index contributed by atoms with van der Waals surface area (Å²) in [6.07, 6.45) is 2.89. The lowest BCUT2D eigenvalue weighted by atomic mass is 10.1. The van der Waals surface area contributed by atoms with E-state index in [1.165, 1.54) is 0 Å². The van der Waals surface area contributed by atoms with Crippen LogP contribution in [0.5, 0.6) is 0 Å². The molecule has 4 nitrogen and oxygen atoms in total. The van der Waals surface area contributed by atoms with Gasteiger partial charge in [0.05, 0.1) is 5.69 Å². The summed E-state index contributed by atoms with van der Waals surface area (Å²) in [5.41, 5.74) is 2.99. The van der Waals surface area contributed by atoms with Gasteiger partial charge in [-0.1, -0.05) is 66.7 Å². The number of aromatic nitrogens is 2. The van der Waals surface area contributed by atoms with Crippen LogP contribution in [-0.2, 0) is 19.4 Å². The normalized spacial score (nSPS) is 10.6.